The molecular formula is C40H63N2+. The molecule has 2 aromatic carbocycles. The Morgan fingerprint density at radius 1 is 0.619 bits per heavy atom. The van der Waals surface area contributed by atoms with Crippen molar-refractivity contribution < 1.29 is 4.57 Å². The van der Waals surface area contributed by atoms with E-state index in [0.717, 1.165) is 13.0 Å². The van der Waals surface area contributed by atoms with Crippen LogP contribution >= 0.6 is 0 Å². The normalized spacial score (nSPS) is 13.7. The van der Waals surface area contributed by atoms with E-state index in [1.54, 1.807) is 0 Å². The fourth-order valence-electron chi connectivity index (χ4n) is 6.97. The zero-order valence-electron chi connectivity index (χ0n) is 27.6. The fourth-order valence-corrected chi connectivity index (χ4v) is 6.97. The molecule has 0 bridgehead atoms. The molecule has 0 amide bonds. The zero-order valence-corrected chi connectivity index (χ0v) is 27.6. The molecule has 0 aliphatic heterocycles. The van der Waals surface area contributed by atoms with Crippen molar-refractivity contribution in [2.45, 2.75) is 161 Å². The van der Waals surface area contributed by atoms with Gasteiger partial charge in [0, 0.05) is 5.41 Å². The molecule has 0 spiro atoms. The predicted octanol–water partition coefficient (Wildman–Crippen LogP) is 11.6. The number of aromatic amines is 1. The second kappa shape index (κ2) is 20.5. The van der Waals surface area contributed by atoms with Gasteiger partial charge in [-0.15, -0.1) is 0 Å². The number of imidazole rings is 1. The molecule has 3 aromatic rings. The van der Waals surface area contributed by atoms with E-state index in [4.69, 9.17) is 0 Å². The van der Waals surface area contributed by atoms with Gasteiger partial charge in [0.15, 0.2) is 0 Å². The van der Waals surface area contributed by atoms with Crippen molar-refractivity contribution in [3.05, 3.63) is 90.0 Å². The molecule has 0 aliphatic carbocycles. The Labute approximate surface area is 259 Å². The molecule has 3 rings (SSSR count). The summed E-state index contributed by atoms with van der Waals surface area (Å²) in [5.74, 6) is 1.87. The summed E-state index contributed by atoms with van der Waals surface area (Å²) >= 11 is 0. The molecule has 0 saturated heterocycles. The van der Waals surface area contributed by atoms with E-state index in [-0.39, 0.29) is 5.41 Å². The number of nitrogens with zero attached hydrogens (tertiary/aromatic N) is 1. The van der Waals surface area contributed by atoms with Crippen molar-refractivity contribution in [1.82, 2.24) is 4.98 Å². The van der Waals surface area contributed by atoms with Gasteiger partial charge in [-0.05, 0) is 36.8 Å². The number of aromatic nitrogens is 2. The fraction of sp³-hybridized carbons (Fsp3) is 0.625. The minimum Gasteiger partial charge on any atom is -0.247 e. The number of H-pyrrole nitrogens is 1. The molecule has 42 heavy (non-hydrogen) atoms. The first kappa shape index (κ1) is 34.1. The first-order valence-electron chi connectivity index (χ1n) is 17.8. The largest absolute Gasteiger partial charge is 0.258 e. The summed E-state index contributed by atoms with van der Waals surface area (Å²) in [6, 6.07) is 22.5. The van der Waals surface area contributed by atoms with Crippen molar-refractivity contribution in [3.63, 3.8) is 0 Å². The summed E-state index contributed by atoms with van der Waals surface area (Å²) in [6.07, 6.45) is 30.2. The quantitative estimate of drug-likeness (QED) is 0.0815. The molecular weight excluding hydrogens is 508 g/mol. The highest BCUT2D eigenvalue weighted by atomic mass is 15.1. The Bertz CT molecular complexity index is 1040. The molecule has 232 valence electrons. The van der Waals surface area contributed by atoms with Crippen LogP contribution in [0.3, 0.4) is 0 Å². The average Bonchev–Trinajstić information content (AvgIpc) is 3.48. The molecule has 0 aliphatic rings. The smallest absolute Gasteiger partial charge is 0.247 e. The molecule has 1 heterocycles. The lowest BCUT2D eigenvalue weighted by atomic mass is 9.66. The van der Waals surface area contributed by atoms with Gasteiger partial charge in [-0.3, -0.25) is 0 Å². The van der Waals surface area contributed by atoms with Gasteiger partial charge in [0.2, 0.25) is 0 Å². The van der Waals surface area contributed by atoms with Crippen molar-refractivity contribution in [1.29, 1.82) is 0 Å². The Kier molecular flexibility index (Phi) is 16.7. The van der Waals surface area contributed by atoms with Crippen LogP contribution in [0.1, 0.15) is 159 Å². The highest BCUT2D eigenvalue weighted by molar-refractivity contribution is 5.32. The summed E-state index contributed by atoms with van der Waals surface area (Å²) in [7, 11) is 0. The third kappa shape index (κ3) is 11.7. The second-order valence-electron chi connectivity index (χ2n) is 13.1. The number of aryl methyl sites for hydroxylation is 1. The van der Waals surface area contributed by atoms with Crippen LogP contribution in [0.25, 0.3) is 0 Å². The van der Waals surface area contributed by atoms with Crippen LogP contribution in [0.15, 0.2) is 73.1 Å². The maximum atomic E-state index is 3.78. The first-order chi connectivity index (χ1) is 20.7. The van der Waals surface area contributed by atoms with Gasteiger partial charge >= 0.3 is 0 Å². The molecule has 2 heteroatoms. The first-order valence-corrected chi connectivity index (χ1v) is 17.8. The van der Waals surface area contributed by atoms with Gasteiger partial charge < -0.3 is 0 Å². The third-order valence-electron chi connectivity index (χ3n) is 9.59. The highest BCUT2D eigenvalue weighted by Crippen LogP contribution is 2.43. The molecule has 0 fully saturated rings. The van der Waals surface area contributed by atoms with E-state index in [2.05, 4.69) is 103 Å². The van der Waals surface area contributed by atoms with Crippen molar-refractivity contribution in [3.8, 4) is 0 Å². The van der Waals surface area contributed by atoms with E-state index >= 15 is 0 Å². The SMILES string of the molecule is CCCCCCCCCCCCC[n+]1cc[nH]c1C(CCCCCCCC)C(C)(Cc1ccccc1)c1ccccc1. The van der Waals surface area contributed by atoms with Crippen LogP contribution in [0, 0.1) is 0 Å². The number of unbranched alkanes of at least 4 members (excludes halogenated alkanes) is 15. The molecule has 1 N–H and O–H groups in total. The highest BCUT2D eigenvalue weighted by Gasteiger charge is 2.41. The molecule has 2 nitrogen and oxygen atoms in total. The molecule has 0 saturated carbocycles. The monoisotopic (exact) mass is 571 g/mol. The molecule has 0 radical (unpaired) electrons. The topological polar surface area (TPSA) is 19.7 Å². The summed E-state index contributed by atoms with van der Waals surface area (Å²) < 4.78 is 2.57. The molecule has 2 unspecified atom stereocenters. The second-order valence-corrected chi connectivity index (χ2v) is 13.1. The van der Waals surface area contributed by atoms with Crippen LogP contribution in [0.4, 0.5) is 0 Å². The zero-order chi connectivity index (χ0) is 29.7. The van der Waals surface area contributed by atoms with Gasteiger partial charge in [-0.25, -0.2) is 9.55 Å². The van der Waals surface area contributed by atoms with Gasteiger partial charge in [-0.2, -0.15) is 0 Å². The summed E-state index contributed by atoms with van der Waals surface area (Å²) in [5, 5.41) is 0. The van der Waals surface area contributed by atoms with Crippen LogP contribution in [-0.4, -0.2) is 4.98 Å². The predicted molar refractivity (Wildman–Crippen MR) is 182 cm³/mol. The van der Waals surface area contributed by atoms with E-state index in [1.165, 1.54) is 133 Å². The van der Waals surface area contributed by atoms with E-state index in [9.17, 15) is 0 Å². The Morgan fingerprint density at radius 2 is 1.12 bits per heavy atom. The van der Waals surface area contributed by atoms with Crippen molar-refractivity contribution >= 4 is 0 Å². The third-order valence-corrected chi connectivity index (χ3v) is 9.59. The standard InChI is InChI=1S/C40H62N2/c1-4-6-8-10-12-13-14-15-16-18-26-33-42-34-32-41-39(42)38(31-25-17-11-9-7-5-2)40(3,37-29-23-20-24-30-37)35-36-27-21-19-22-28-36/h19-24,27-30,32,34,38H,4-18,25-26,31,33,35H2,1-3H3/p+1. The lowest BCUT2D eigenvalue weighted by Crippen LogP contribution is -2.43. The Morgan fingerprint density at radius 3 is 1.69 bits per heavy atom. The van der Waals surface area contributed by atoms with Crippen LogP contribution in [-0.2, 0) is 18.4 Å². The minimum atomic E-state index is 0.00969. The van der Waals surface area contributed by atoms with E-state index in [1.807, 2.05) is 0 Å². The maximum absolute atomic E-state index is 3.78. The van der Waals surface area contributed by atoms with Crippen LogP contribution in [0.2, 0.25) is 0 Å². The number of hydrogen-bond acceptors (Lipinski definition) is 0. The minimum absolute atomic E-state index is 0.00969. The average molecular weight is 572 g/mol. The maximum Gasteiger partial charge on any atom is 0.258 e. The van der Waals surface area contributed by atoms with E-state index in [0.29, 0.717) is 5.92 Å². The van der Waals surface area contributed by atoms with Crippen molar-refractivity contribution in [2.24, 2.45) is 0 Å². The Hall–Kier alpha value is -2.35. The van der Waals surface area contributed by atoms with Gasteiger partial charge in [-0.1, -0.05) is 178 Å². The summed E-state index contributed by atoms with van der Waals surface area (Å²) in [4.78, 5) is 3.78. The summed E-state index contributed by atoms with van der Waals surface area (Å²) in [6.45, 7) is 8.27. The molecule has 1 aromatic heterocycles. The van der Waals surface area contributed by atoms with Gasteiger partial charge in [0.25, 0.3) is 5.82 Å². The number of nitrogens with one attached hydrogen (secondary N) is 1. The Balaban J connectivity index is 1.68. The van der Waals surface area contributed by atoms with Crippen LogP contribution in [0.5, 0.6) is 0 Å². The number of benzene rings is 2. The molecule has 2 atom stereocenters. The van der Waals surface area contributed by atoms with Crippen LogP contribution < -0.4 is 4.57 Å². The summed E-state index contributed by atoms with van der Waals surface area (Å²) in [5.41, 5.74) is 2.90. The van der Waals surface area contributed by atoms with Gasteiger partial charge in [0.1, 0.15) is 12.4 Å². The van der Waals surface area contributed by atoms with Gasteiger partial charge in [0.05, 0.1) is 12.5 Å². The number of hydrogen-bond donors (Lipinski definition) is 1. The lowest BCUT2D eigenvalue weighted by molar-refractivity contribution is -0.705. The van der Waals surface area contributed by atoms with E-state index < -0.39 is 0 Å². The van der Waals surface area contributed by atoms with Crippen molar-refractivity contribution in [2.75, 3.05) is 0 Å². The number of rotatable bonds is 24. The lowest BCUT2D eigenvalue weighted by Gasteiger charge is -2.37.